The highest BCUT2D eigenvalue weighted by Crippen LogP contribution is 2.16. The summed E-state index contributed by atoms with van der Waals surface area (Å²) in [5.41, 5.74) is 1.56. The van der Waals surface area contributed by atoms with E-state index in [1.807, 2.05) is 38.4 Å². The van der Waals surface area contributed by atoms with E-state index >= 15 is 0 Å². The summed E-state index contributed by atoms with van der Waals surface area (Å²) in [6, 6.07) is 8.97. The highest BCUT2D eigenvalue weighted by Gasteiger charge is 2.22. The van der Waals surface area contributed by atoms with E-state index in [4.69, 9.17) is 0 Å². The molecule has 2 aromatic rings. The summed E-state index contributed by atoms with van der Waals surface area (Å²) in [5.74, 6) is -0.289. The molecule has 1 aromatic heterocycles. The van der Waals surface area contributed by atoms with Crippen molar-refractivity contribution in [1.82, 2.24) is 14.7 Å². The lowest BCUT2D eigenvalue weighted by molar-refractivity contribution is -0.141. The molecule has 106 valence electrons. The van der Waals surface area contributed by atoms with Gasteiger partial charge in [-0.3, -0.25) is 9.48 Å². The van der Waals surface area contributed by atoms with Gasteiger partial charge in [0, 0.05) is 31.9 Å². The number of carbonyl (C=O) groups is 1. The molecule has 5 heteroatoms. The summed E-state index contributed by atoms with van der Waals surface area (Å²) in [6.45, 7) is 2.89. The minimum Gasteiger partial charge on any atom is -0.378 e. The first kappa shape index (κ1) is 14.3. The number of amides is 1. The number of nitrogens with zero attached hydrogens (tertiary/aromatic N) is 3. The predicted molar refractivity (Wildman–Crippen MR) is 75.7 cm³/mol. The minimum atomic E-state index is -1.12. The Morgan fingerprint density at radius 3 is 2.65 bits per heavy atom. The predicted octanol–water partition coefficient (Wildman–Crippen LogP) is 1.50. The molecule has 1 amide bonds. The number of hydrogen-bond acceptors (Lipinski definition) is 3. The second kappa shape index (κ2) is 6.34. The van der Waals surface area contributed by atoms with Crippen LogP contribution in [0.2, 0.25) is 0 Å². The second-order valence-electron chi connectivity index (χ2n) is 4.69. The lowest BCUT2D eigenvalue weighted by atomic mass is 10.1. The average Bonchev–Trinajstić information content (AvgIpc) is 2.89. The Bertz CT molecular complexity index is 566. The Balaban J connectivity index is 2.09. The van der Waals surface area contributed by atoms with E-state index in [-0.39, 0.29) is 5.91 Å². The molecule has 0 aliphatic rings. The number of carbonyl (C=O) groups excluding carboxylic acids is 1. The van der Waals surface area contributed by atoms with Gasteiger partial charge < -0.3 is 10.0 Å². The van der Waals surface area contributed by atoms with E-state index in [9.17, 15) is 9.90 Å². The van der Waals surface area contributed by atoms with Crippen LogP contribution in [0.4, 0.5) is 0 Å². The molecular weight excluding hydrogens is 254 g/mol. The summed E-state index contributed by atoms with van der Waals surface area (Å²) in [4.78, 5) is 14.0. The third-order valence-electron chi connectivity index (χ3n) is 3.17. The Morgan fingerprint density at radius 1 is 1.40 bits per heavy atom. The molecule has 1 atom stereocenters. The molecule has 2 rings (SSSR count). The summed E-state index contributed by atoms with van der Waals surface area (Å²) < 4.78 is 1.70. The SMILES string of the molecule is CCN(Cc1cnn(C)c1)C(=O)C(O)c1ccccc1. The topological polar surface area (TPSA) is 58.4 Å². The molecular formula is C15H19N3O2. The summed E-state index contributed by atoms with van der Waals surface area (Å²) >= 11 is 0. The first-order chi connectivity index (χ1) is 9.61. The number of aryl methyl sites for hydroxylation is 1. The number of aliphatic hydroxyl groups is 1. The van der Waals surface area contributed by atoms with Gasteiger partial charge in [-0.15, -0.1) is 0 Å². The average molecular weight is 273 g/mol. The molecule has 20 heavy (non-hydrogen) atoms. The smallest absolute Gasteiger partial charge is 0.256 e. The van der Waals surface area contributed by atoms with Gasteiger partial charge in [-0.25, -0.2) is 0 Å². The number of aliphatic hydroxyl groups excluding tert-OH is 1. The van der Waals surface area contributed by atoms with Gasteiger partial charge in [0.15, 0.2) is 6.10 Å². The highest BCUT2D eigenvalue weighted by molar-refractivity contribution is 5.82. The van der Waals surface area contributed by atoms with E-state index in [2.05, 4.69) is 5.10 Å². The van der Waals surface area contributed by atoms with Crippen LogP contribution in [0, 0.1) is 0 Å². The lowest BCUT2D eigenvalue weighted by Crippen LogP contribution is -2.34. The molecule has 5 nitrogen and oxygen atoms in total. The number of likely N-dealkylation sites (N-methyl/N-ethyl adjacent to an activating group) is 1. The van der Waals surface area contributed by atoms with Gasteiger partial charge in [0.05, 0.1) is 6.20 Å². The maximum absolute atomic E-state index is 12.3. The quantitative estimate of drug-likeness (QED) is 0.898. The Kier molecular flexibility index (Phi) is 4.53. The Hall–Kier alpha value is -2.14. The van der Waals surface area contributed by atoms with Gasteiger partial charge in [0.2, 0.25) is 0 Å². The second-order valence-corrected chi connectivity index (χ2v) is 4.69. The van der Waals surface area contributed by atoms with Crippen molar-refractivity contribution in [2.75, 3.05) is 6.54 Å². The van der Waals surface area contributed by atoms with Crippen molar-refractivity contribution >= 4 is 5.91 Å². The van der Waals surface area contributed by atoms with Gasteiger partial charge in [-0.05, 0) is 12.5 Å². The normalized spacial score (nSPS) is 12.2. The number of benzene rings is 1. The van der Waals surface area contributed by atoms with Crippen LogP contribution >= 0.6 is 0 Å². The third-order valence-corrected chi connectivity index (χ3v) is 3.17. The number of aromatic nitrogens is 2. The van der Waals surface area contributed by atoms with Crippen LogP contribution in [-0.2, 0) is 18.4 Å². The summed E-state index contributed by atoms with van der Waals surface area (Å²) in [7, 11) is 1.83. The molecule has 0 saturated heterocycles. The van der Waals surface area contributed by atoms with Gasteiger partial charge in [-0.1, -0.05) is 30.3 Å². The highest BCUT2D eigenvalue weighted by atomic mass is 16.3. The Morgan fingerprint density at radius 2 is 2.10 bits per heavy atom. The zero-order valence-electron chi connectivity index (χ0n) is 11.7. The number of rotatable bonds is 5. The van der Waals surface area contributed by atoms with E-state index in [0.717, 1.165) is 5.56 Å². The first-order valence-electron chi connectivity index (χ1n) is 6.61. The lowest BCUT2D eigenvalue weighted by Gasteiger charge is -2.23. The Labute approximate surface area is 118 Å². The van der Waals surface area contributed by atoms with E-state index in [0.29, 0.717) is 18.7 Å². The largest absolute Gasteiger partial charge is 0.378 e. The molecule has 1 unspecified atom stereocenters. The van der Waals surface area contributed by atoms with E-state index < -0.39 is 6.10 Å². The fourth-order valence-corrected chi connectivity index (χ4v) is 2.07. The van der Waals surface area contributed by atoms with Gasteiger partial charge >= 0.3 is 0 Å². The maximum atomic E-state index is 12.3. The van der Waals surface area contributed by atoms with Crippen molar-refractivity contribution < 1.29 is 9.90 Å². The molecule has 0 fully saturated rings. The van der Waals surface area contributed by atoms with Crippen LogP contribution in [0.5, 0.6) is 0 Å². The molecule has 1 aromatic carbocycles. The molecule has 1 N–H and O–H groups in total. The van der Waals surface area contributed by atoms with Crippen LogP contribution < -0.4 is 0 Å². The van der Waals surface area contributed by atoms with Crippen molar-refractivity contribution in [3.05, 3.63) is 53.9 Å². The molecule has 0 saturated carbocycles. The molecule has 0 spiro atoms. The zero-order valence-corrected chi connectivity index (χ0v) is 11.7. The van der Waals surface area contributed by atoms with Crippen molar-refractivity contribution in [2.24, 2.45) is 7.05 Å². The van der Waals surface area contributed by atoms with Gasteiger partial charge in [-0.2, -0.15) is 5.10 Å². The van der Waals surface area contributed by atoms with Crippen LogP contribution in [-0.4, -0.2) is 32.2 Å². The van der Waals surface area contributed by atoms with Crippen LogP contribution in [0.1, 0.15) is 24.2 Å². The monoisotopic (exact) mass is 273 g/mol. The van der Waals surface area contributed by atoms with Crippen molar-refractivity contribution in [3.8, 4) is 0 Å². The van der Waals surface area contributed by atoms with Crippen molar-refractivity contribution in [1.29, 1.82) is 0 Å². The van der Waals surface area contributed by atoms with E-state index in [1.54, 1.807) is 27.9 Å². The summed E-state index contributed by atoms with van der Waals surface area (Å²) in [6.07, 6.45) is 2.48. The van der Waals surface area contributed by atoms with E-state index in [1.165, 1.54) is 0 Å². The molecule has 0 bridgehead atoms. The van der Waals surface area contributed by atoms with Crippen molar-refractivity contribution in [2.45, 2.75) is 19.6 Å². The fraction of sp³-hybridized carbons (Fsp3) is 0.333. The van der Waals surface area contributed by atoms with Gasteiger partial charge in [0.1, 0.15) is 0 Å². The third kappa shape index (κ3) is 3.24. The maximum Gasteiger partial charge on any atom is 0.256 e. The zero-order chi connectivity index (χ0) is 14.5. The standard InChI is InChI=1S/C15H19N3O2/c1-3-18(11-12-9-16-17(2)10-12)15(20)14(19)13-7-5-4-6-8-13/h4-10,14,19H,3,11H2,1-2H3. The number of hydrogen-bond donors (Lipinski definition) is 1. The first-order valence-corrected chi connectivity index (χ1v) is 6.61. The molecule has 0 radical (unpaired) electrons. The minimum absolute atomic E-state index is 0.289. The fourth-order valence-electron chi connectivity index (χ4n) is 2.07. The molecule has 0 aliphatic carbocycles. The van der Waals surface area contributed by atoms with Crippen LogP contribution in [0.3, 0.4) is 0 Å². The van der Waals surface area contributed by atoms with Crippen LogP contribution in [0.25, 0.3) is 0 Å². The van der Waals surface area contributed by atoms with Crippen LogP contribution in [0.15, 0.2) is 42.7 Å². The molecule has 1 heterocycles. The van der Waals surface area contributed by atoms with Crippen molar-refractivity contribution in [3.63, 3.8) is 0 Å². The molecule has 0 aliphatic heterocycles. The van der Waals surface area contributed by atoms with Gasteiger partial charge in [0.25, 0.3) is 5.91 Å². The summed E-state index contributed by atoms with van der Waals surface area (Å²) in [5, 5.41) is 14.2.